The summed E-state index contributed by atoms with van der Waals surface area (Å²) in [6.07, 6.45) is 3.73. The van der Waals surface area contributed by atoms with Crippen LogP contribution < -0.4 is 10.6 Å². The third kappa shape index (κ3) is 2.86. The molecule has 0 aromatic carbocycles. The molecule has 1 unspecified atom stereocenters. The highest BCUT2D eigenvalue weighted by Crippen LogP contribution is 2.17. The summed E-state index contributed by atoms with van der Waals surface area (Å²) in [7, 11) is 0. The fourth-order valence-corrected chi connectivity index (χ4v) is 2.27. The lowest BCUT2D eigenvalue weighted by Gasteiger charge is -2.08. The van der Waals surface area contributed by atoms with Gasteiger partial charge in [0, 0.05) is 6.54 Å². The van der Waals surface area contributed by atoms with Crippen molar-refractivity contribution in [2.75, 3.05) is 19.6 Å². The third-order valence-corrected chi connectivity index (χ3v) is 3.45. The maximum absolute atomic E-state index is 11.6. The Bertz CT molecular complexity index is 359. The molecule has 1 aliphatic heterocycles. The van der Waals surface area contributed by atoms with Gasteiger partial charge in [0.1, 0.15) is 0 Å². The molecule has 0 spiro atoms. The first-order valence-electron chi connectivity index (χ1n) is 5.49. The molecule has 1 amide bonds. The van der Waals surface area contributed by atoms with Gasteiger partial charge in [-0.05, 0) is 53.8 Å². The molecule has 2 N–H and O–H groups in total. The van der Waals surface area contributed by atoms with Crippen molar-refractivity contribution in [1.82, 2.24) is 10.6 Å². The summed E-state index contributed by atoms with van der Waals surface area (Å²) >= 11 is 3.26. The highest BCUT2D eigenvalue weighted by Gasteiger charge is 2.16. The summed E-state index contributed by atoms with van der Waals surface area (Å²) in [6, 6.07) is 1.72. The molecule has 0 bridgehead atoms. The molecule has 5 heteroatoms. The molecule has 1 aliphatic rings. The Morgan fingerprint density at radius 1 is 1.69 bits per heavy atom. The van der Waals surface area contributed by atoms with Gasteiger partial charge in [0.15, 0.2) is 0 Å². The lowest BCUT2D eigenvalue weighted by molar-refractivity contribution is 0.0923. The number of hydrogen-bond acceptors (Lipinski definition) is 3. The van der Waals surface area contributed by atoms with Gasteiger partial charge in [-0.15, -0.1) is 0 Å². The molecule has 2 rings (SSSR count). The van der Waals surface area contributed by atoms with E-state index in [4.69, 9.17) is 4.42 Å². The van der Waals surface area contributed by atoms with E-state index in [1.54, 1.807) is 6.07 Å². The summed E-state index contributed by atoms with van der Waals surface area (Å²) in [5.74, 6) is 0.896. The molecule has 0 aliphatic carbocycles. The van der Waals surface area contributed by atoms with Crippen LogP contribution in [0.4, 0.5) is 0 Å². The van der Waals surface area contributed by atoms with Crippen molar-refractivity contribution in [2.24, 2.45) is 5.92 Å². The quantitative estimate of drug-likeness (QED) is 0.887. The molecule has 2 heterocycles. The Kier molecular flexibility index (Phi) is 4.01. The maximum Gasteiger partial charge on any atom is 0.288 e. The van der Waals surface area contributed by atoms with Gasteiger partial charge in [0.2, 0.25) is 5.76 Å². The highest BCUT2D eigenvalue weighted by molar-refractivity contribution is 9.10. The van der Waals surface area contributed by atoms with Crippen LogP contribution in [0.5, 0.6) is 0 Å². The van der Waals surface area contributed by atoms with E-state index in [0.29, 0.717) is 22.7 Å². The Morgan fingerprint density at radius 3 is 3.19 bits per heavy atom. The highest BCUT2D eigenvalue weighted by atomic mass is 79.9. The van der Waals surface area contributed by atoms with Crippen molar-refractivity contribution in [2.45, 2.75) is 12.8 Å². The fourth-order valence-electron chi connectivity index (χ4n) is 1.89. The van der Waals surface area contributed by atoms with Gasteiger partial charge in [-0.2, -0.15) is 0 Å². The van der Waals surface area contributed by atoms with Crippen LogP contribution in [0.3, 0.4) is 0 Å². The molecule has 16 heavy (non-hydrogen) atoms. The second kappa shape index (κ2) is 5.50. The van der Waals surface area contributed by atoms with Gasteiger partial charge in [0.25, 0.3) is 5.91 Å². The van der Waals surface area contributed by atoms with Crippen LogP contribution in [-0.4, -0.2) is 25.5 Å². The van der Waals surface area contributed by atoms with E-state index in [-0.39, 0.29) is 5.91 Å². The lowest BCUT2D eigenvalue weighted by Crippen LogP contribution is -2.26. The Balaban J connectivity index is 1.73. The van der Waals surface area contributed by atoms with Gasteiger partial charge in [0.05, 0.1) is 10.7 Å². The number of nitrogens with one attached hydrogen (secondary N) is 2. The lowest BCUT2D eigenvalue weighted by atomic mass is 10.1. The van der Waals surface area contributed by atoms with Crippen molar-refractivity contribution >= 4 is 21.8 Å². The average Bonchev–Trinajstić information content (AvgIpc) is 2.88. The predicted molar refractivity (Wildman–Crippen MR) is 64.3 cm³/mol. The largest absolute Gasteiger partial charge is 0.458 e. The van der Waals surface area contributed by atoms with E-state index in [1.807, 2.05) is 0 Å². The zero-order chi connectivity index (χ0) is 11.4. The second-order valence-corrected chi connectivity index (χ2v) is 4.86. The molecular weight excluding hydrogens is 272 g/mol. The van der Waals surface area contributed by atoms with E-state index >= 15 is 0 Å². The van der Waals surface area contributed by atoms with Gasteiger partial charge in [-0.25, -0.2) is 0 Å². The maximum atomic E-state index is 11.6. The van der Waals surface area contributed by atoms with Crippen LogP contribution >= 0.6 is 15.9 Å². The number of hydrogen-bond donors (Lipinski definition) is 2. The summed E-state index contributed by atoms with van der Waals surface area (Å²) in [5, 5.41) is 6.17. The zero-order valence-corrected chi connectivity index (χ0v) is 10.5. The second-order valence-electron chi connectivity index (χ2n) is 4.00. The first-order chi connectivity index (χ1) is 7.77. The molecule has 0 saturated carbocycles. The number of carbonyl (C=O) groups excluding carboxylic acids is 1. The van der Waals surface area contributed by atoms with Crippen molar-refractivity contribution in [3.05, 3.63) is 22.6 Å². The smallest absolute Gasteiger partial charge is 0.288 e. The topological polar surface area (TPSA) is 54.3 Å². The van der Waals surface area contributed by atoms with Crippen molar-refractivity contribution in [3.63, 3.8) is 0 Å². The molecule has 4 nitrogen and oxygen atoms in total. The Labute approximate surface area is 103 Å². The van der Waals surface area contributed by atoms with Crippen molar-refractivity contribution < 1.29 is 9.21 Å². The third-order valence-electron chi connectivity index (χ3n) is 2.82. The monoisotopic (exact) mass is 286 g/mol. The summed E-state index contributed by atoms with van der Waals surface area (Å²) < 4.78 is 5.78. The predicted octanol–water partition coefficient (Wildman–Crippen LogP) is 1.77. The van der Waals surface area contributed by atoms with E-state index in [9.17, 15) is 4.79 Å². The van der Waals surface area contributed by atoms with Crippen LogP contribution in [0.2, 0.25) is 0 Å². The van der Waals surface area contributed by atoms with E-state index in [1.165, 1.54) is 12.7 Å². The first kappa shape index (κ1) is 11.7. The summed E-state index contributed by atoms with van der Waals surface area (Å²) in [4.78, 5) is 11.6. The van der Waals surface area contributed by atoms with Crippen LogP contribution in [0.1, 0.15) is 23.4 Å². The Morgan fingerprint density at radius 2 is 2.56 bits per heavy atom. The van der Waals surface area contributed by atoms with Crippen LogP contribution in [0.25, 0.3) is 0 Å². The SMILES string of the molecule is O=C(NCCC1CCNC1)c1occc1Br. The fraction of sp³-hybridized carbons (Fsp3) is 0.545. The molecule has 88 valence electrons. The minimum atomic E-state index is -0.150. The summed E-state index contributed by atoms with van der Waals surface area (Å²) in [6.45, 7) is 2.88. The molecule has 1 aromatic rings. The first-order valence-corrected chi connectivity index (χ1v) is 6.28. The number of furan rings is 1. The molecule has 1 saturated heterocycles. The van der Waals surface area contributed by atoms with Gasteiger partial charge < -0.3 is 15.1 Å². The Hall–Kier alpha value is -0.810. The van der Waals surface area contributed by atoms with Crippen LogP contribution in [0, 0.1) is 5.92 Å². The van der Waals surface area contributed by atoms with E-state index in [0.717, 1.165) is 19.5 Å². The number of carbonyl (C=O) groups is 1. The van der Waals surface area contributed by atoms with Crippen LogP contribution in [-0.2, 0) is 0 Å². The molecule has 0 radical (unpaired) electrons. The van der Waals surface area contributed by atoms with Crippen LogP contribution in [0.15, 0.2) is 21.2 Å². The number of rotatable bonds is 4. The van der Waals surface area contributed by atoms with Gasteiger partial charge >= 0.3 is 0 Å². The average molecular weight is 287 g/mol. The van der Waals surface area contributed by atoms with Crippen molar-refractivity contribution in [1.29, 1.82) is 0 Å². The zero-order valence-electron chi connectivity index (χ0n) is 8.96. The van der Waals surface area contributed by atoms with Gasteiger partial charge in [-0.3, -0.25) is 4.79 Å². The number of amides is 1. The molecule has 1 aromatic heterocycles. The minimum Gasteiger partial charge on any atom is -0.458 e. The van der Waals surface area contributed by atoms with E-state index < -0.39 is 0 Å². The normalized spacial score (nSPS) is 19.9. The molecular formula is C11H15BrN2O2. The standard InChI is InChI=1S/C11H15BrN2O2/c12-9-3-6-16-10(9)11(15)14-5-2-8-1-4-13-7-8/h3,6,8,13H,1-2,4-5,7H2,(H,14,15). The van der Waals surface area contributed by atoms with Gasteiger partial charge in [-0.1, -0.05) is 0 Å². The van der Waals surface area contributed by atoms with Crippen molar-refractivity contribution in [3.8, 4) is 0 Å². The molecule has 1 fully saturated rings. The minimum absolute atomic E-state index is 0.150. The number of halogens is 1. The summed E-state index contributed by atoms with van der Waals surface area (Å²) in [5.41, 5.74) is 0. The molecule has 1 atom stereocenters. The van der Waals surface area contributed by atoms with E-state index in [2.05, 4.69) is 26.6 Å².